The Morgan fingerprint density at radius 1 is 1.06 bits per heavy atom. The lowest BCUT2D eigenvalue weighted by Crippen LogP contribution is -2.36. The molecule has 1 heterocycles. The van der Waals surface area contributed by atoms with Gasteiger partial charge in [0.25, 0.3) is 0 Å². The number of nitrogens with one attached hydrogen (secondary N) is 3. The lowest BCUT2D eigenvalue weighted by atomic mass is 10.2. The second-order valence-electron chi connectivity index (χ2n) is 4.06. The van der Waals surface area contributed by atoms with E-state index in [-0.39, 0.29) is 6.03 Å². The van der Waals surface area contributed by atoms with E-state index in [4.69, 9.17) is 0 Å². The van der Waals surface area contributed by atoms with E-state index >= 15 is 0 Å². The number of urea groups is 1. The molecule has 0 aliphatic carbocycles. The zero-order valence-electron chi connectivity index (χ0n) is 10.1. The van der Waals surface area contributed by atoms with Gasteiger partial charge in [-0.2, -0.15) is 0 Å². The smallest absolute Gasteiger partial charge is 0.315 e. The number of aromatic amines is 1. The summed E-state index contributed by atoms with van der Waals surface area (Å²) in [6, 6.07) is 11.7. The van der Waals surface area contributed by atoms with Gasteiger partial charge in [-0.1, -0.05) is 30.3 Å². The Morgan fingerprint density at radius 3 is 2.61 bits per heavy atom. The van der Waals surface area contributed by atoms with Gasteiger partial charge in [0.2, 0.25) is 0 Å². The van der Waals surface area contributed by atoms with Gasteiger partial charge in [-0.3, -0.25) is 0 Å². The summed E-state index contributed by atoms with van der Waals surface area (Å²) in [4.78, 5) is 14.5. The predicted octanol–water partition coefficient (Wildman–Crippen LogP) is 2.06. The first kappa shape index (κ1) is 12.2. The first-order valence-corrected chi connectivity index (χ1v) is 6.02. The minimum absolute atomic E-state index is 0.130. The molecule has 0 spiro atoms. The lowest BCUT2D eigenvalue weighted by molar-refractivity contribution is 0.240. The number of hydrogen-bond donors (Lipinski definition) is 3. The second kappa shape index (κ2) is 6.49. The lowest BCUT2D eigenvalue weighted by Gasteiger charge is -2.07. The quantitative estimate of drug-likeness (QED) is 0.739. The van der Waals surface area contributed by atoms with Crippen molar-refractivity contribution in [2.75, 3.05) is 6.54 Å². The molecule has 0 fully saturated rings. The molecule has 4 nitrogen and oxygen atoms in total. The van der Waals surface area contributed by atoms with Crippen molar-refractivity contribution in [3.63, 3.8) is 0 Å². The van der Waals surface area contributed by atoms with Crippen molar-refractivity contribution in [1.29, 1.82) is 0 Å². The number of aromatic nitrogens is 1. The Hall–Kier alpha value is -2.23. The van der Waals surface area contributed by atoms with Gasteiger partial charge in [-0.25, -0.2) is 4.79 Å². The summed E-state index contributed by atoms with van der Waals surface area (Å²) in [5, 5.41) is 5.65. The molecular weight excluding hydrogens is 226 g/mol. The van der Waals surface area contributed by atoms with Crippen LogP contribution in [-0.4, -0.2) is 17.6 Å². The Kier molecular flexibility index (Phi) is 4.41. The largest absolute Gasteiger partial charge is 0.367 e. The van der Waals surface area contributed by atoms with Crippen molar-refractivity contribution in [1.82, 2.24) is 15.6 Å². The highest BCUT2D eigenvalue weighted by molar-refractivity contribution is 5.73. The zero-order chi connectivity index (χ0) is 12.6. The predicted molar refractivity (Wildman–Crippen MR) is 71.2 cm³/mol. The first-order valence-electron chi connectivity index (χ1n) is 6.02. The van der Waals surface area contributed by atoms with Crippen LogP contribution in [0.2, 0.25) is 0 Å². The van der Waals surface area contributed by atoms with Gasteiger partial charge in [0.1, 0.15) is 0 Å². The van der Waals surface area contributed by atoms with Crippen LogP contribution in [0.1, 0.15) is 11.1 Å². The SMILES string of the molecule is O=C(NCCc1cc[nH]c1)NCc1ccccc1. The molecule has 0 aliphatic heterocycles. The Morgan fingerprint density at radius 2 is 1.89 bits per heavy atom. The van der Waals surface area contributed by atoms with Crippen LogP contribution in [-0.2, 0) is 13.0 Å². The second-order valence-corrected chi connectivity index (χ2v) is 4.06. The maximum Gasteiger partial charge on any atom is 0.315 e. The fourth-order valence-corrected chi connectivity index (χ4v) is 1.67. The van der Waals surface area contributed by atoms with Crippen molar-refractivity contribution in [2.45, 2.75) is 13.0 Å². The molecule has 0 unspecified atom stereocenters. The van der Waals surface area contributed by atoms with Crippen LogP contribution in [0.15, 0.2) is 48.8 Å². The van der Waals surface area contributed by atoms with Gasteiger partial charge in [0, 0.05) is 25.5 Å². The summed E-state index contributed by atoms with van der Waals surface area (Å²) >= 11 is 0. The van der Waals surface area contributed by atoms with Gasteiger partial charge in [0.15, 0.2) is 0 Å². The van der Waals surface area contributed by atoms with E-state index in [2.05, 4.69) is 15.6 Å². The van der Waals surface area contributed by atoms with E-state index in [0.29, 0.717) is 13.1 Å². The van der Waals surface area contributed by atoms with E-state index in [1.807, 2.05) is 48.8 Å². The maximum absolute atomic E-state index is 11.5. The van der Waals surface area contributed by atoms with E-state index in [9.17, 15) is 4.79 Å². The number of hydrogen-bond acceptors (Lipinski definition) is 1. The Labute approximate surface area is 106 Å². The van der Waals surface area contributed by atoms with Crippen molar-refractivity contribution in [3.8, 4) is 0 Å². The summed E-state index contributed by atoms with van der Waals surface area (Å²) in [5.41, 5.74) is 2.29. The van der Waals surface area contributed by atoms with E-state index < -0.39 is 0 Å². The topological polar surface area (TPSA) is 56.9 Å². The van der Waals surface area contributed by atoms with Crippen LogP contribution in [0.3, 0.4) is 0 Å². The van der Waals surface area contributed by atoms with Gasteiger partial charge in [-0.05, 0) is 23.6 Å². The minimum atomic E-state index is -0.130. The standard InChI is InChI=1S/C14H17N3O/c18-14(16-9-7-13-6-8-15-10-13)17-11-12-4-2-1-3-5-12/h1-6,8,10,15H,7,9,11H2,(H2,16,17,18). The van der Waals surface area contributed by atoms with Crippen molar-refractivity contribution < 1.29 is 4.79 Å². The zero-order valence-corrected chi connectivity index (χ0v) is 10.1. The van der Waals surface area contributed by atoms with Crippen molar-refractivity contribution in [3.05, 3.63) is 59.9 Å². The van der Waals surface area contributed by atoms with E-state index in [1.54, 1.807) is 0 Å². The third kappa shape index (κ3) is 3.97. The number of carbonyl (C=O) groups is 1. The summed E-state index contributed by atoms with van der Waals surface area (Å²) in [5.74, 6) is 0. The van der Waals surface area contributed by atoms with Gasteiger partial charge >= 0.3 is 6.03 Å². The highest BCUT2D eigenvalue weighted by Crippen LogP contribution is 1.97. The van der Waals surface area contributed by atoms with Crippen LogP contribution in [0, 0.1) is 0 Å². The highest BCUT2D eigenvalue weighted by atomic mass is 16.2. The maximum atomic E-state index is 11.5. The summed E-state index contributed by atoms with van der Waals surface area (Å²) < 4.78 is 0. The van der Waals surface area contributed by atoms with Crippen molar-refractivity contribution >= 4 is 6.03 Å². The molecule has 0 aliphatic rings. The van der Waals surface area contributed by atoms with Crippen LogP contribution in [0.4, 0.5) is 4.79 Å². The Balaban J connectivity index is 1.63. The number of H-pyrrole nitrogens is 1. The van der Waals surface area contributed by atoms with Crippen LogP contribution in [0.5, 0.6) is 0 Å². The Bertz CT molecular complexity index is 465. The molecule has 2 amide bonds. The average molecular weight is 243 g/mol. The molecule has 94 valence electrons. The molecule has 1 aromatic carbocycles. The molecule has 0 radical (unpaired) electrons. The first-order chi connectivity index (χ1) is 8.84. The molecule has 0 saturated heterocycles. The molecule has 0 saturated carbocycles. The number of amides is 2. The molecule has 0 atom stereocenters. The van der Waals surface area contributed by atoms with E-state index in [0.717, 1.165) is 12.0 Å². The van der Waals surface area contributed by atoms with Gasteiger partial charge < -0.3 is 15.6 Å². The summed E-state index contributed by atoms with van der Waals surface area (Å²) in [6.07, 6.45) is 4.65. The molecule has 2 aromatic rings. The molecule has 2 rings (SSSR count). The molecule has 4 heteroatoms. The highest BCUT2D eigenvalue weighted by Gasteiger charge is 1.99. The molecule has 3 N–H and O–H groups in total. The summed E-state index contributed by atoms with van der Waals surface area (Å²) in [6.45, 7) is 1.19. The fourth-order valence-electron chi connectivity index (χ4n) is 1.67. The van der Waals surface area contributed by atoms with Crippen LogP contribution >= 0.6 is 0 Å². The minimum Gasteiger partial charge on any atom is -0.367 e. The number of benzene rings is 1. The monoisotopic (exact) mass is 243 g/mol. The van der Waals surface area contributed by atoms with E-state index in [1.165, 1.54) is 5.56 Å². The molecule has 18 heavy (non-hydrogen) atoms. The fraction of sp³-hybridized carbons (Fsp3) is 0.214. The molecule has 0 bridgehead atoms. The third-order valence-corrected chi connectivity index (χ3v) is 2.66. The normalized spacial score (nSPS) is 10.0. The van der Waals surface area contributed by atoms with Gasteiger partial charge in [-0.15, -0.1) is 0 Å². The third-order valence-electron chi connectivity index (χ3n) is 2.66. The molecular formula is C14H17N3O. The van der Waals surface area contributed by atoms with Crippen LogP contribution < -0.4 is 10.6 Å². The van der Waals surface area contributed by atoms with Gasteiger partial charge in [0.05, 0.1) is 0 Å². The van der Waals surface area contributed by atoms with Crippen LogP contribution in [0.25, 0.3) is 0 Å². The average Bonchev–Trinajstić information content (AvgIpc) is 2.91. The molecule has 1 aromatic heterocycles. The summed E-state index contributed by atoms with van der Waals surface area (Å²) in [7, 11) is 0. The number of rotatable bonds is 5. The number of carbonyl (C=O) groups excluding carboxylic acids is 1. The van der Waals surface area contributed by atoms with Crippen molar-refractivity contribution in [2.24, 2.45) is 0 Å².